The highest BCUT2D eigenvalue weighted by Gasteiger charge is 2.09. The largest absolute Gasteiger partial charge is 0.328 e. The van der Waals surface area contributed by atoms with Crippen LogP contribution in [0.4, 0.5) is 4.39 Å². The summed E-state index contributed by atoms with van der Waals surface area (Å²) in [6.07, 6.45) is 14.7. The van der Waals surface area contributed by atoms with Crippen LogP contribution >= 0.6 is 0 Å². The monoisotopic (exact) mass is 243 g/mol. The van der Waals surface area contributed by atoms with Crippen molar-refractivity contribution in [3.8, 4) is 0 Å². The Labute approximate surface area is 106 Å². The number of hydrogen-bond acceptors (Lipinski definition) is 1. The SMILES string of the molecule is NC1CCCCCCCCC(CF)CCCC1. The molecule has 0 amide bonds. The van der Waals surface area contributed by atoms with Gasteiger partial charge in [-0.1, -0.05) is 51.4 Å². The topological polar surface area (TPSA) is 26.0 Å². The summed E-state index contributed by atoms with van der Waals surface area (Å²) in [6, 6.07) is 0.391. The van der Waals surface area contributed by atoms with Crippen LogP contribution in [0.5, 0.6) is 0 Å². The lowest BCUT2D eigenvalue weighted by molar-refractivity contribution is 0.306. The van der Waals surface area contributed by atoms with Crippen molar-refractivity contribution in [2.45, 2.75) is 83.1 Å². The van der Waals surface area contributed by atoms with Crippen molar-refractivity contribution in [1.82, 2.24) is 0 Å². The lowest BCUT2D eigenvalue weighted by Gasteiger charge is -2.15. The van der Waals surface area contributed by atoms with Crippen molar-refractivity contribution in [2.75, 3.05) is 6.67 Å². The van der Waals surface area contributed by atoms with E-state index < -0.39 is 0 Å². The minimum atomic E-state index is -0.119. The van der Waals surface area contributed by atoms with Gasteiger partial charge in [-0.2, -0.15) is 0 Å². The highest BCUT2D eigenvalue weighted by atomic mass is 19.1. The first-order chi connectivity index (χ1) is 8.33. The van der Waals surface area contributed by atoms with Crippen LogP contribution in [-0.2, 0) is 0 Å². The zero-order valence-corrected chi connectivity index (χ0v) is 11.3. The van der Waals surface area contributed by atoms with Gasteiger partial charge in [0, 0.05) is 6.04 Å². The second-order valence-corrected chi connectivity index (χ2v) is 5.76. The summed E-state index contributed by atoms with van der Waals surface area (Å²) < 4.78 is 12.8. The Morgan fingerprint density at radius 3 is 1.71 bits per heavy atom. The van der Waals surface area contributed by atoms with Crippen LogP contribution in [0.2, 0.25) is 0 Å². The molecule has 2 heteroatoms. The van der Waals surface area contributed by atoms with Gasteiger partial charge in [-0.25, -0.2) is 0 Å². The number of rotatable bonds is 1. The summed E-state index contributed by atoms with van der Waals surface area (Å²) >= 11 is 0. The molecule has 1 aliphatic rings. The zero-order chi connectivity index (χ0) is 12.3. The van der Waals surface area contributed by atoms with Gasteiger partial charge < -0.3 is 5.73 Å². The predicted molar refractivity (Wildman–Crippen MR) is 72.8 cm³/mol. The maximum absolute atomic E-state index is 12.8. The first kappa shape index (κ1) is 14.9. The molecule has 1 nitrogen and oxygen atoms in total. The Morgan fingerprint density at radius 2 is 1.12 bits per heavy atom. The maximum Gasteiger partial charge on any atom is 0.0922 e. The number of nitrogens with two attached hydrogens (primary N) is 1. The zero-order valence-electron chi connectivity index (χ0n) is 11.3. The second-order valence-electron chi connectivity index (χ2n) is 5.76. The minimum Gasteiger partial charge on any atom is -0.328 e. The molecule has 0 aromatic rings. The van der Waals surface area contributed by atoms with E-state index in [9.17, 15) is 4.39 Å². The Balaban J connectivity index is 2.24. The van der Waals surface area contributed by atoms with Gasteiger partial charge in [0.15, 0.2) is 0 Å². The summed E-state index contributed by atoms with van der Waals surface area (Å²) in [5.74, 6) is 0.328. The van der Waals surface area contributed by atoms with Crippen molar-refractivity contribution < 1.29 is 4.39 Å². The van der Waals surface area contributed by atoms with E-state index in [2.05, 4.69) is 0 Å². The van der Waals surface area contributed by atoms with Crippen molar-refractivity contribution in [3.63, 3.8) is 0 Å². The van der Waals surface area contributed by atoms with Gasteiger partial charge in [-0.3, -0.25) is 4.39 Å². The molecule has 0 spiro atoms. The molecule has 0 bridgehead atoms. The summed E-state index contributed by atoms with van der Waals surface area (Å²) in [4.78, 5) is 0. The molecule has 1 fully saturated rings. The lowest BCUT2D eigenvalue weighted by atomic mass is 9.93. The third-order valence-electron chi connectivity index (χ3n) is 4.09. The molecule has 1 rings (SSSR count). The van der Waals surface area contributed by atoms with Gasteiger partial charge in [0.1, 0.15) is 0 Å². The third-order valence-corrected chi connectivity index (χ3v) is 4.09. The van der Waals surface area contributed by atoms with Crippen LogP contribution in [-0.4, -0.2) is 12.7 Å². The Bertz CT molecular complexity index is 172. The quantitative estimate of drug-likeness (QED) is 0.716. The number of hydrogen-bond donors (Lipinski definition) is 1. The molecular formula is C15H30FN. The molecule has 2 unspecified atom stereocenters. The van der Waals surface area contributed by atoms with Gasteiger partial charge in [0.25, 0.3) is 0 Å². The molecule has 0 aliphatic heterocycles. The van der Waals surface area contributed by atoms with E-state index in [1.54, 1.807) is 0 Å². The highest BCUT2D eigenvalue weighted by molar-refractivity contribution is 4.65. The molecular weight excluding hydrogens is 213 g/mol. The standard InChI is InChI=1S/C15H30FN/c16-13-14-9-5-3-1-2-4-6-11-15(17)12-8-7-10-14/h14-15H,1-13,17H2. The van der Waals surface area contributed by atoms with Crippen LogP contribution in [0.25, 0.3) is 0 Å². The summed E-state index contributed by atoms with van der Waals surface area (Å²) in [7, 11) is 0. The van der Waals surface area contributed by atoms with Crippen molar-refractivity contribution in [2.24, 2.45) is 11.7 Å². The molecule has 0 saturated heterocycles. The first-order valence-electron chi connectivity index (χ1n) is 7.64. The fourth-order valence-corrected chi connectivity index (χ4v) is 2.83. The molecule has 0 aromatic carbocycles. The first-order valence-corrected chi connectivity index (χ1v) is 7.64. The minimum absolute atomic E-state index is 0.119. The van der Waals surface area contributed by atoms with Crippen molar-refractivity contribution in [3.05, 3.63) is 0 Å². The Hall–Kier alpha value is -0.110. The highest BCUT2D eigenvalue weighted by Crippen LogP contribution is 2.20. The van der Waals surface area contributed by atoms with Crippen LogP contribution in [0.1, 0.15) is 77.0 Å². The van der Waals surface area contributed by atoms with Crippen LogP contribution in [0.3, 0.4) is 0 Å². The molecule has 2 atom stereocenters. The molecule has 1 aliphatic carbocycles. The molecule has 0 radical (unpaired) electrons. The summed E-state index contributed by atoms with van der Waals surface area (Å²) in [5.41, 5.74) is 6.08. The van der Waals surface area contributed by atoms with E-state index >= 15 is 0 Å². The van der Waals surface area contributed by atoms with Gasteiger partial charge >= 0.3 is 0 Å². The van der Waals surface area contributed by atoms with Gasteiger partial charge in [0.2, 0.25) is 0 Å². The van der Waals surface area contributed by atoms with Crippen LogP contribution in [0, 0.1) is 5.92 Å². The van der Waals surface area contributed by atoms with Crippen molar-refractivity contribution >= 4 is 0 Å². The van der Waals surface area contributed by atoms with Gasteiger partial charge in [-0.05, 0) is 31.6 Å². The molecule has 17 heavy (non-hydrogen) atoms. The van der Waals surface area contributed by atoms with E-state index in [-0.39, 0.29) is 6.67 Å². The maximum atomic E-state index is 12.8. The number of alkyl halides is 1. The molecule has 1 saturated carbocycles. The summed E-state index contributed by atoms with van der Waals surface area (Å²) in [6.45, 7) is -0.119. The lowest BCUT2D eigenvalue weighted by Crippen LogP contribution is -2.19. The van der Waals surface area contributed by atoms with Gasteiger partial charge in [0.05, 0.1) is 6.67 Å². The second kappa shape index (κ2) is 9.87. The summed E-state index contributed by atoms with van der Waals surface area (Å²) in [5, 5.41) is 0. The van der Waals surface area contributed by atoms with Gasteiger partial charge in [-0.15, -0.1) is 0 Å². The molecule has 2 N–H and O–H groups in total. The van der Waals surface area contributed by atoms with Crippen LogP contribution in [0.15, 0.2) is 0 Å². The van der Waals surface area contributed by atoms with E-state index in [0.717, 1.165) is 19.3 Å². The van der Waals surface area contributed by atoms with Crippen LogP contribution < -0.4 is 5.73 Å². The Kier molecular flexibility index (Phi) is 8.68. The smallest absolute Gasteiger partial charge is 0.0922 e. The fourth-order valence-electron chi connectivity index (χ4n) is 2.83. The number of halogens is 1. The third kappa shape index (κ3) is 7.75. The Morgan fingerprint density at radius 1 is 0.706 bits per heavy atom. The normalized spacial score (nSPS) is 30.7. The fraction of sp³-hybridized carbons (Fsp3) is 1.00. The van der Waals surface area contributed by atoms with E-state index in [4.69, 9.17) is 5.73 Å². The average molecular weight is 243 g/mol. The molecule has 0 heterocycles. The average Bonchev–Trinajstić information content (AvgIpc) is 2.34. The van der Waals surface area contributed by atoms with E-state index in [0.29, 0.717) is 12.0 Å². The predicted octanol–water partition coefficient (Wildman–Crippen LogP) is 4.59. The van der Waals surface area contributed by atoms with Crippen molar-refractivity contribution in [1.29, 1.82) is 0 Å². The molecule has 0 aromatic heterocycles. The van der Waals surface area contributed by atoms with E-state index in [1.165, 1.54) is 57.8 Å². The molecule has 102 valence electrons. The van der Waals surface area contributed by atoms with E-state index in [1.807, 2.05) is 0 Å².